The lowest BCUT2D eigenvalue weighted by molar-refractivity contribution is -0.274. The minimum Gasteiger partial charge on any atom is -0.406 e. The number of benzene rings is 1. The number of alkyl halides is 3. The predicted octanol–water partition coefficient (Wildman–Crippen LogP) is 2.80. The van der Waals surface area contributed by atoms with E-state index in [1.807, 2.05) is 0 Å². The van der Waals surface area contributed by atoms with Gasteiger partial charge in [-0.2, -0.15) is 0 Å². The number of hydrogen-bond acceptors (Lipinski definition) is 2. The first-order chi connectivity index (χ1) is 6.92. The third-order valence-electron chi connectivity index (χ3n) is 1.60. The molecule has 0 unspecified atom stereocenters. The molecule has 15 heavy (non-hydrogen) atoms. The third kappa shape index (κ3) is 3.46. The number of rotatable bonds is 3. The molecule has 0 aliphatic carbocycles. The summed E-state index contributed by atoms with van der Waals surface area (Å²) in [6.07, 6.45) is -4.18. The first-order valence-electron chi connectivity index (χ1n) is 3.92. The Hall–Kier alpha value is -1.78. The fraction of sp³-hybridized carbons (Fsp3) is 0.100. The van der Waals surface area contributed by atoms with Crippen molar-refractivity contribution in [3.8, 4) is 5.75 Å². The van der Waals surface area contributed by atoms with Gasteiger partial charge in [-0.1, -0.05) is 18.7 Å². The van der Waals surface area contributed by atoms with Crippen molar-refractivity contribution in [1.29, 1.82) is 0 Å². The van der Waals surface area contributed by atoms with Crippen molar-refractivity contribution >= 4 is 11.9 Å². The Morgan fingerprint density at radius 1 is 1.27 bits per heavy atom. The summed E-state index contributed by atoms with van der Waals surface area (Å²) in [5.41, 5.74) is 0.660. The molecule has 0 fully saturated rings. The van der Waals surface area contributed by atoms with Crippen LogP contribution in [0.15, 0.2) is 30.8 Å². The van der Waals surface area contributed by atoms with Gasteiger partial charge in [0.2, 0.25) is 0 Å². The second-order valence-corrected chi connectivity index (χ2v) is 2.72. The van der Waals surface area contributed by atoms with Crippen LogP contribution in [0.25, 0.3) is 5.57 Å². The highest BCUT2D eigenvalue weighted by Crippen LogP contribution is 2.23. The van der Waals surface area contributed by atoms with E-state index in [0.29, 0.717) is 11.8 Å². The molecule has 0 saturated heterocycles. The first-order valence-corrected chi connectivity index (χ1v) is 3.92. The van der Waals surface area contributed by atoms with E-state index in [2.05, 4.69) is 11.3 Å². The monoisotopic (exact) mass is 216 g/mol. The number of halogens is 3. The number of ether oxygens (including phenoxy) is 1. The lowest BCUT2D eigenvalue weighted by Gasteiger charge is -2.08. The predicted molar refractivity (Wildman–Crippen MR) is 48.2 cm³/mol. The Morgan fingerprint density at radius 3 is 2.20 bits per heavy atom. The molecule has 0 bridgehead atoms. The molecule has 0 saturated carbocycles. The molecule has 0 spiro atoms. The van der Waals surface area contributed by atoms with Crippen molar-refractivity contribution < 1.29 is 22.7 Å². The van der Waals surface area contributed by atoms with Crippen molar-refractivity contribution in [3.05, 3.63) is 36.4 Å². The summed E-state index contributed by atoms with van der Waals surface area (Å²) < 4.78 is 39.0. The summed E-state index contributed by atoms with van der Waals surface area (Å²) in [5, 5.41) is 0. The number of hydrogen-bond donors (Lipinski definition) is 0. The van der Waals surface area contributed by atoms with Gasteiger partial charge in [-0.3, -0.25) is 4.79 Å². The van der Waals surface area contributed by atoms with Crippen molar-refractivity contribution in [3.63, 3.8) is 0 Å². The van der Waals surface area contributed by atoms with Gasteiger partial charge in [-0.05, 0) is 17.7 Å². The summed E-state index contributed by atoms with van der Waals surface area (Å²) in [5.74, 6) is -0.329. The van der Waals surface area contributed by atoms with Gasteiger partial charge in [-0.25, -0.2) is 0 Å². The molecular formula is C10H7F3O2. The molecule has 0 aromatic heterocycles. The maximum Gasteiger partial charge on any atom is 0.573 e. The molecule has 0 radical (unpaired) electrons. The molecule has 0 aliphatic rings. The Balaban J connectivity index is 2.81. The number of allylic oxidation sites excluding steroid dienone is 1. The number of carbonyl (C=O) groups is 1. The van der Waals surface area contributed by atoms with Crippen molar-refractivity contribution in [2.75, 3.05) is 0 Å². The zero-order valence-electron chi connectivity index (χ0n) is 7.54. The van der Waals surface area contributed by atoms with Gasteiger partial charge in [0.1, 0.15) is 12.0 Å². The topological polar surface area (TPSA) is 26.3 Å². The summed E-state index contributed by atoms with van der Waals surface area (Å²) in [6, 6.07) is 4.91. The van der Waals surface area contributed by atoms with Crippen LogP contribution in [0.2, 0.25) is 0 Å². The lowest BCUT2D eigenvalue weighted by Crippen LogP contribution is -2.16. The second kappa shape index (κ2) is 4.16. The number of aldehydes is 1. The summed E-state index contributed by atoms with van der Waals surface area (Å²) in [4.78, 5) is 10.3. The highest BCUT2D eigenvalue weighted by atomic mass is 19.4. The number of carbonyl (C=O) groups excluding carboxylic acids is 1. The van der Waals surface area contributed by atoms with Crippen LogP contribution in [0.1, 0.15) is 5.56 Å². The van der Waals surface area contributed by atoms with E-state index in [1.165, 1.54) is 12.1 Å². The van der Waals surface area contributed by atoms with Crippen LogP contribution in [0.4, 0.5) is 13.2 Å². The standard InChI is InChI=1S/C10H7F3O2/c1-7(6-14)8-2-4-9(5-3-8)15-10(11,12)13/h2-6H,1H2. The molecule has 80 valence electrons. The van der Waals surface area contributed by atoms with Crippen molar-refractivity contribution in [2.24, 2.45) is 0 Å². The molecular weight excluding hydrogens is 209 g/mol. The van der Waals surface area contributed by atoms with Gasteiger partial charge >= 0.3 is 6.36 Å². The minimum atomic E-state index is -4.71. The fourth-order valence-corrected chi connectivity index (χ4v) is 0.939. The largest absolute Gasteiger partial charge is 0.573 e. The Kier molecular flexibility index (Phi) is 3.14. The first kappa shape index (κ1) is 11.3. The summed E-state index contributed by atoms with van der Waals surface area (Å²) in [6.45, 7) is 3.42. The van der Waals surface area contributed by atoms with Crippen LogP contribution in [-0.4, -0.2) is 12.6 Å². The average molecular weight is 216 g/mol. The highest BCUT2D eigenvalue weighted by Gasteiger charge is 2.30. The van der Waals surface area contributed by atoms with Crippen LogP contribution in [0.5, 0.6) is 5.75 Å². The SMILES string of the molecule is C=C(C=O)c1ccc(OC(F)(F)F)cc1. The van der Waals surface area contributed by atoms with Gasteiger partial charge in [-0.15, -0.1) is 13.2 Å². The lowest BCUT2D eigenvalue weighted by atomic mass is 10.1. The van der Waals surface area contributed by atoms with Gasteiger partial charge in [0.05, 0.1) is 0 Å². The molecule has 1 aromatic rings. The molecule has 5 heteroatoms. The van der Waals surface area contributed by atoms with Crippen LogP contribution < -0.4 is 4.74 Å². The van der Waals surface area contributed by atoms with Crippen LogP contribution in [0.3, 0.4) is 0 Å². The molecule has 0 heterocycles. The van der Waals surface area contributed by atoms with Gasteiger partial charge in [0.25, 0.3) is 0 Å². The van der Waals surface area contributed by atoms with E-state index >= 15 is 0 Å². The van der Waals surface area contributed by atoms with Crippen LogP contribution in [0, 0.1) is 0 Å². The van der Waals surface area contributed by atoms with E-state index in [4.69, 9.17) is 0 Å². The normalized spacial score (nSPS) is 10.9. The molecule has 0 N–H and O–H groups in total. The maximum atomic E-state index is 11.8. The smallest absolute Gasteiger partial charge is 0.406 e. The van der Waals surface area contributed by atoms with Crippen LogP contribution in [-0.2, 0) is 4.79 Å². The third-order valence-corrected chi connectivity index (χ3v) is 1.60. The van der Waals surface area contributed by atoms with E-state index in [1.54, 1.807) is 0 Å². The van der Waals surface area contributed by atoms with E-state index < -0.39 is 6.36 Å². The second-order valence-electron chi connectivity index (χ2n) is 2.72. The van der Waals surface area contributed by atoms with Crippen molar-refractivity contribution in [2.45, 2.75) is 6.36 Å². The molecule has 2 nitrogen and oxygen atoms in total. The molecule has 0 aliphatic heterocycles. The Labute approximate surface area is 84.0 Å². The quantitative estimate of drug-likeness (QED) is 0.573. The highest BCUT2D eigenvalue weighted by molar-refractivity contribution is 6.05. The van der Waals surface area contributed by atoms with Crippen molar-refractivity contribution in [1.82, 2.24) is 0 Å². The zero-order chi connectivity index (χ0) is 11.5. The fourth-order valence-electron chi connectivity index (χ4n) is 0.939. The Morgan fingerprint density at radius 2 is 1.80 bits per heavy atom. The Bertz CT molecular complexity index is 365. The van der Waals surface area contributed by atoms with E-state index in [9.17, 15) is 18.0 Å². The van der Waals surface area contributed by atoms with E-state index in [-0.39, 0.29) is 11.3 Å². The molecule has 0 atom stereocenters. The van der Waals surface area contributed by atoms with Gasteiger partial charge in [0.15, 0.2) is 0 Å². The molecule has 1 rings (SSSR count). The maximum absolute atomic E-state index is 11.8. The van der Waals surface area contributed by atoms with Crippen LogP contribution >= 0.6 is 0 Å². The molecule has 0 amide bonds. The molecule has 1 aromatic carbocycles. The van der Waals surface area contributed by atoms with Gasteiger partial charge < -0.3 is 4.74 Å². The van der Waals surface area contributed by atoms with E-state index in [0.717, 1.165) is 12.1 Å². The average Bonchev–Trinajstić information content (AvgIpc) is 2.15. The minimum absolute atomic E-state index is 0.202. The zero-order valence-corrected chi connectivity index (χ0v) is 7.54. The van der Waals surface area contributed by atoms with Gasteiger partial charge in [0, 0.05) is 5.57 Å². The summed E-state index contributed by atoms with van der Waals surface area (Å²) in [7, 11) is 0. The summed E-state index contributed by atoms with van der Waals surface area (Å²) >= 11 is 0.